The molecule has 0 aliphatic rings. The molecule has 0 unspecified atom stereocenters. The first-order valence-corrected chi connectivity index (χ1v) is 6.23. The lowest BCUT2D eigenvalue weighted by Gasteiger charge is -2.18. The van der Waals surface area contributed by atoms with Crippen molar-refractivity contribution in [2.45, 2.75) is 6.54 Å². The molecule has 0 aromatic heterocycles. The van der Waals surface area contributed by atoms with E-state index in [0.29, 0.717) is 23.4 Å². The van der Waals surface area contributed by atoms with Gasteiger partial charge in [-0.2, -0.15) is 5.26 Å². The second-order valence-electron chi connectivity index (χ2n) is 4.39. The van der Waals surface area contributed by atoms with Crippen molar-refractivity contribution >= 4 is 11.6 Å². The second kappa shape index (κ2) is 6.00. The van der Waals surface area contributed by atoms with Crippen molar-refractivity contribution in [2.75, 3.05) is 11.9 Å². The number of carbonyl (C=O) groups is 1. The maximum atomic E-state index is 12.4. The standard InChI is InChI=1S/C16H15N3O/c1-19(15-5-3-2-4-14(15)11-18)16(20)13-8-6-12(10-17)7-9-13/h2-9H,10,17H2,1H3. The highest BCUT2D eigenvalue weighted by Crippen LogP contribution is 2.20. The highest BCUT2D eigenvalue weighted by Gasteiger charge is 2.15. The molecule has 20 heavy (non-hydrogen) atoms. The van der Waals surface area contributed by atoms with E-state index in [4.69, 9.17) is 11.0 Å². The molecule has 0 saturated carbocycles. The molecule has 0 fully saturated rings. The van der Waals surface area contributed by atoms with Gasteiger partial charge in [-0.05, 0) is 29.8 Å². The van der Waals surface area contributed by atoms with Crippen LogP contribution in [0.3, 0.4) is 0 Å². The maximum Gasteiger partial charge on any atom is 0.258 e. The van der Waals surface area contributed by atoms with Gasteiger partial charge in [-0.3, -0.25) is 4.79 Å². The Labute approximate surface area is 118 Å². The number of rotatable bonds is 3. The molecule has 1 amide bonds. The predicted molar refractivity (Wildman–Crippen MR) is 78.2 cm³/mol. The van der Waals surface area contributed by atoms with Crippen molar-refractivity contribution in [3.05, 3.63) is 65.2 Å². The number of benzene rings is 2. The van der Waals surface area contributed by atoms with E-state index in [1.165, 1.54) is 4.90 Å². The van der Waals surface area contributed by atoms with Crippen LogP contribution in [-0.2, 0) is 6.54 Å². The summed E-state index contributed by atoms with van der Waals surface area (Å²) in [6, 6.07) is 16.3. The Kier molecular flexibility index (Phi) is 4.14. The Morgan fingerprint density at radius 2 is 1.85 bits per heavy atom. The van der Waals surface area contributed by atoms with E-state index < -0.39 is 0 Å². The molecule has 0 atom stereocenters. The quantitative estimate of drug-likeness (QED) is 0.925. The topological polar surface area (TPSA) is 70.1 Å². The molecule has 4 nitrogen and oxygen atoms in total. The number of carbonyl (C=O) groups excluding carboxylic acids is 1. The average Bonchev–Trinajstić information content (AvgIpc) is 2.53. The molecule has 2 N–H and O–H groups in total. The summed E-state index contributed by atoms with van der Waals surface area (Å²) in [6.07, 6.45) is 0. The highest BCUT2D eigenvalue weighted by atomic mass is 16.2. The van der Waals surface area contributed by atoms with E-state index in [1.54, 1.807) is 43.4 Å². The van der Waals surface area contributed by atoms with Crippen molar-refractivity contribution in [3.8, 4) is 6.07 Å². The zero-order valence-corrected chi connectivity index (χ0v) is 11.2. The molecule has 0 radical (unpaired) electrons. The van der Waals surface area contributed by atoms with Crippen LogP contribution in [0.4, 0.5) is 5.69 Å². The first-order valence-electron chi connectivity index (χ1n) is 6.23. The molecule has 0 saturated heterocycles. The van der Waals surface area contributed by atoms with Gasteiger partial charge in [0.1, 0.15) is 6.07 Å². The summed E-state index contributed by atoms with van der Waals surface area (Å²) in [6.45, 7) is 0.446. The molecule has 0 aliphatic heterocycles. The molecular formula is C16H15N3O. The van der Waals surface area contributed by atoms with Crippen molar-refractivity contribution in [1.82, 2.24) is 0 Å². The summed E-state index contributed by atoms with van der Waals surface area (Å²) in [4.78, 5) is 13.9. The molecule has 0 bridgehead atoms. The minimum atomic E-state index is -0.156. The Balaban J connectivity index is 2.30. The summed E-state index contributed by atoms with van der Waals surface area (Å²) >= 11 is 0. The van der Waals surface area contributed by atoms with Crippen LogP contribution < -0.4 is 10.6 Å². The third-order valence-electron chi connectivity index (χ3n) is 3.13. The fourth-order valence-corrected chi connectivity index (χ4v) is 1.95. The maximum absolute atomic E-state index is 12.4. The second-order valence-corrected chi connectivity index (χ2v) is 4.39. The van der Waals surface area contributed by atoms with Gasteiger partial charge in [0.2, 0.25) is 0 Å². The number of anilines is 1. The lowest BCUT2D eigenvalue weighted by atomic mass is 10.1. The van der Waals surface area contributed by atoms with E-state index in [2.05, 4.69) is 6.07 Å². The number of para-hydroxylation sites is 1. The third kappa shape index (κ3) is 2.68. The van der Waals surface area contributed by atoms with E-state index in [1.807, 2.05) is 12.1 Å². The van der Waals surface area contributed by atoms with Gasteiger partial charge in [0.25, 0.3) is 5.91 Å². The molecule has 2 rings (SSSR count). The zero-order valence-electron chi connectivity index (χ0n) is 11.2. The fraction of sp³-hybridized carbons (Fsp3) is 0.125. The van der Waals surface area contributed by atoms with Gasteiger partial charge in [0.15, 0.2) is 0 Å². The minimum Gasteiger partial charge on any atom is -0.326 e. The Morgan fingerprint density at radius 1 is 1.20 bits per heavy atom. The lowest BCUT2D eigenvalue weighted by Crippen LogP contribution is -2.26. The van der Waals surface area contributed by atoms with E-state index in [-0.39, 0.29) is 5.91 Å². The third-order valence-corrected chi connectivity index (χ3v) is 3.13. The molecule has 2 aromatic rings. The summed E-state index contributed by atoms with van der Waals surface area (Å²) < 4.78 is 0. The van der Waals surface area contributed by atoms with Gasteiger partial charge >= 0.3 is 0 Å². The normalized spacial score (nSPS) is 9.85. The van der Waals surface area contributed by atoms with Crippen LogP contribution in [0.1, 0.15) is 21.5 Å². The van der Waals surface area contributed by atoms with Gasteiger partial charge in [-0.25, -0.2) is 0 Å². The van der Waals surface area contributed by atoms with Crippen LogP contribution >= 0.6 is 0 Å². The summed E-state index contributed by atoms with van der Waals surface area (Å²) in [5, 5.41) is 9.09. The number of hydrogen-bond donors (Lipinski definition) is 1. The molecule has 100 valence electrons. The smallest absolute Gasteiger partial charge is 0.258 e. The number of hydrogen-bond acceptors (Lipinski definition) is 3. The number of nitrogens with two attached hydrogens (primary N) is 1. The zero-order chi connectivity index (χ0) is 14.5. The molecule has 4 heteroatoms. The monoisotopic (exact) mass is 265 g/mol. The first-order chi connectivity index (χ1) is 9.67. The number of nitrogens with zero attached hydrogens (tertiary/aromatic N) is 2. The van der Waals surface area contributed by atoms with Crippen LogP contribution in [0, 0.1) is 11.3 Å². The van der Waals surface area contributed by atoms with Crippen LogP contribution in [-0.4, -0.2) is 13.0 Å². The van der Waals surface area contributed by atoms with Crippen molar-refractivity contribution < 1.29 is 4.79 Å². The first kappa shape index (κ1) is 13.8. The fourth-order valence-electron chi connectivity index (χ4n) is 1.95. The van der Waals surface area contributed by atoms with E-state index in [9.17, 15) is 4.79 Å². The van der Waals surface area contributed by atoms with Crippen LogP contribution in [0.2, 0.25) is 0 Å². The summed E-state index contributed by atoms with van der Waals surface area (Å²) in [7, 11) is 1.66. The van der Waals surface area contributed by atoms with Crippen LogP contribution in [0.5, 0.6) is 0 Å². The molecule has 0 aliphatic carbocycles. The van der Waals surface area contributed by atoms with Crippen molar-refractivity contribution in [3.63, 3.8) is 0 Å². The van der Waals surface area contributed by atoms with Gasteiger partial charge < -0.3 is 10.6 Å². The Hall–Kier alpha value is -2.64. The van der Waals surface area contributed by atoms with Crippen molar-refractivity contribution in [2.24, 2.45) is 5.73 Å². The van der Waals surface area contributed by atoms with Gasteiger partial charge in [0.05, 0.1) is 11.3 Å². The lowest BCUT2D eigenvalue weighted by molar-refractivity contribution is 0.0993. The van der Waals surface area contributed by atoms with Gasteiger partial charge in [-0.1, -0.05) is 24.3 Å². The SMILES string of the molecule is CN(C(=O)c1ccc(CN)cc1)c1ccccc1C#N. The van der Waals surface area contributed by atoms with E-state index in [0.717, 1.165) is 5.56 Å². The van der Waals surface area contributed by atoms with Crippen LogP contribution in [0.15, 0.2) is 48.5 Å². The largest absolute Gasteiger partial charge is 0.326 e. The molecule has 0 heterocycles. The number of nitriles is 1. The van der Waals surface area contributed by atoms with Crippen molar-refractivity contribution in [1.29, 1.82) is 5.26 Å². The minimum absolute atomic E-state index is 0.156. The Morgan fingerprint density at radius 3 is 2.45 bits per heavy atom. The molecular weight excluding hydrogens is 250 g/mol. The summed E-state index contributed by atoms with van der Waals surface area (Å²) in [5.74, 6) is -0.156. The highest BCUT2D eigenvalue weighted by molar-refractivity contribution is 6.06. The van der Waals surface area contributed by atoms with Gasteiger partial charge in [-0.15, -0.1) is 0 Å². The number of amides is 1. The van der Waals surface area contributed by atoms with Gasteiger partial charge in [0, 0.05) is 19.2 Å². The van der Waals surface area contributed by atoms with E-state index >= 15 is 0 Å². The van der Waals surface area contributed by atoms with Crippen LogP contribution in [0.25, 0.3) is 0 Å². The average molecular weight is 265 g/mol. The summed E-state index contributed by atoms with van der Waals surface area (Å²) in [5.41, 5.74) is 8.15. The Bertz CT molecular complexity index is 656. The molecule has 0 spiro atoms. The predicted octanol–water partition coefficient (Wildman–Crippen LogP) is 2.29. The molecule has 2 aromatic carbocycles.